The van der Waals surface area contributed by atoms with Gasteiger partial charge in [0, 0.05) is 6.42 Å². The summed E-state index contributed by atoms with van der Waals surface area (Å²) in [5, 5.41) is 5.64. The molecule has 2 N–H and O–H groups in total. The molecule has 0 heterocycles. The maximum absolute atomic E-state index is 12.5. The van der Waals surface area contributed by atoms with Crippen LogP contribution >= 0.6 is 0 Å². The van der Waals surface area contributed by atoms with E-state index >= 15 is 0 Å². The number of carbonyl (C=O) groups is 2. The molecule has 4 aliphatic rings. The fourth-order valence-electron chi connectivity index (χ4n) is 6.22. The Morgan fingerprint density at radius 3 is 2.36 bits per heavy atom. The van der Waals surface area contributed by atoms with Crippen molar-refractivity contribution in [3.8, 4) is 5.75 Å². The molecule has 5 rings (SSSR count). The van der Waals surface area contributed by atoms with E-state index in [0.717, 1.165) is 29.1 Å². The molecule has 0 aliphatic heterocycles. The van der Waals surface area contributed by atoms with Crippen LogP contribution < -0.4 is 15.4 Å². The van der Waals surface area contributed by atoms with Crippen LogP contribution in [0.4, 0.5) is 0 Å². The van der Waals surface area contributed by atoms with Crippen LogP contribution in [0.15, 0.2) is 24.3 Å². The largest absolute Gasteiger partial charge is 0.492 e. The summed E-state index contributed by atoms with van der Waals surface area (Å²) in [7, 11) is 0. The molecule has 152 valence electrons. The van der Waals surface area contributed by atoms with Gasteiger partial charge in [0.15, 0.2) is 0 Å². The van der Waals surface area contributed by atoms with E-state index in [0.29, 0.717) is 19.6 Å². The quantitative estimate of drug-likeness (QED) is 0.676. The van der Waals surface area contributed by atoms with Gasteiger partial charge in [0.2, 0.25) is 11.8 Å². The van der Waals surface area contributed by atoms with E-state index < -0.39 is 0 Å². The first-order chi connectivity index (χ1) is 13.5. The second-order valence-corrected chi connectivity index (χ2v) is 9.39. The fraction of sp³-hybridized carbons (Fsp3) is 0.652. The lowest BCUT2D eigenvalue weighted by atomic mass is 9.49. The highest BCUT2D eigenvalue weighted by Crippen LogP contribution is 2.61. The van der Waals surface area contributed by atoms with Gasteiger partial charge in [-0.3, -0.25) is 9.59 Å². The average Bonchev–Trinajstić information content (AvgIpc) is 2.62. The summed E-state index contributed by atoms with van der Waals surface area (Å²) in [6, 6.07) is 7.83. The van der Waals surface area contributed by atoms with Gasteiger partial charge in [0.1, 0.15) is 12.4 Å². The molecule has 0 unspecified atom stereocenters. The average molecular weight is 385 g/mol. The first-order valence-corrected chi connectivity index (χ1v) is 10.7. The lowest BCUT2D eigenvalue weighted by molar-refractivity contribution is -0.131. The molecule has 2 amide bonds. The minimum atomic E-state index is -0.160. The van der Waals surface area contributed by atoms with Crippen LogP contribution in [0, 0.1) is 30.1 Å². The topological polar surface area (TPSA) is 67.4 Å². The van der Waals surface area contributed by atoms with Crippen molar-refractivity contribution in [3.05, 3.63) is 29.8 Å². The van der Waals surface area contributed by atoms with Gasteiger partial charge in [-0.2, -0.15) is 0 Å². The summed E-state index contributed by atoms with van der Waals surface area (Å²) >= 11 is 0. The lowest BCUT2D eigenvalue weighted by Gasteiger charge is -2.56. The zero-order chi connectivity index (χ0) is 19.6. The molecule has 1 aromatic carbocycles. The van der Waals surface area contributed by atoms with Crippen LogP contribution in [0.25, 0.3) is 0 Å². The van der Waals surface area contributed by atoms with Crippen LogP contribution in [-0.2, 0) is 9.59 Å². The molecule has 4 bridgehead atoms. The maximum Gasteiger partial charge on any atom is 0.239 e. The van der Waals surface area contributed by atoms with Gasteiger partial charge in [-0.1, -0.05) is 12.1 Å². The molecule has 5 heteroatoms. The second-order valence-electron chi connectivity index (χ2n) is 9.39. The molecular formula is C23H32N2O3. The summed E-state index contributed by atoms with van der Waals surface area (Å²) in [5.41, 5.74) is 1.36. The number of ether oxygens (including phenoxy) is 1. The summed E-state index contributed by atoms with van der Waals surface area (Å²) in [4.78, 5) is 24.5. The number of nitrogens with one attached hydrogen (secondary N) is 2. The highest BCUT2D eigenvalue weighted by Gasteiger charge is 2.51. The molecule has 4 fully saturated rings. The number of hydrogen-bond acceptors (Lipinski definition) is 3. The monoisotopic (exact) mass is 384 g/mol. The van der Waals surface area contributed by atoms with E-state index in [4.69, 9.17) is 4.74 Å². The number of carbonyl (C=O) groups excluding carboxylic acids is 2. The standard InChI is InChI=1S/C23H32N2O3/c1-16-3-2-4-20(7-16)28-6-5-24-22(27)15-25-21(26)14-23-11-17-8-18(12-23)10-19(9-17)13-23/h2-4,7,17-19H,5-6,8-15H2,1H3,(H,24,27)(H,25,26). The van der Waals surface area contributed by atoms with E-state index in [1.165, 1.54) is 38.5 Å². The SMILES string of the molecule is Cc1cccc(OCCNC(=O)CNC(=O)CC23CC4CC(CC(C4)C2)C3)c1. The predicted octanol–water partition coefficient (Wildman–Crippen LogP) is 3.21. The Kier molecular flexibility index (Phi) is 5.61. The zero-order valence-electron chi connectivity index (χ0n) is 16.8. The Bertz CT molecular complexity index is 695. The zero-order valence-corrected chi connectivity index (χ0v) is 16.8. The first-order valence-electron chi connectivity index (χ1n) is 10.7. The van der Waals surface area contributed by atoms with Crippen molar-refractivity contribution in [1.82, 2.24) is 10.6 Å². The van der Waals surface area contributed by atoms with E-state index in [2.05, 4.69) is 10.6 Å². The highest BCUT2D eigenvalue weighted by atomic mass is 16.5. The Morgan fingerprint density at radius 1 is 1.04 bits per heavy atom. The molecule has 0 atom stereocenters. The third-order valence-electron chi connectivity index (χ3n) is 6.83. The molecule has 0 radical (unpaired) electrons. The fourth-order valence-corrected chi connectivity index (χ4v) is 6.22. The van der Waals surface area contributed by atoms with Crippen molar-refractivity contribution in [2.24, 2.45) is 23.2 Å². The van der Waals surface area contributed by atoms with E-state index in [9.17, 15) is 9.59 Å². The van der Waals surface area contributed by atoms with Gasteiger partial charge in [0.05, 0.1) is 13.1 Å². The normalized spacial score (nSPS) is 30.1. The van der Waals surface area contributed by atoms with Gasteiger partial charge >= 0.3 is 0 Å². The van der Waals surface area contributed by atoms with Crippen LogP contribution in [-0.4, -0.2) is 31.5 Å². The molecule has 4 aliphatic carbocycles. The van der Waals surface area contributed by atoms with Gasteiger partial charge in [-0.05, 0) is 86.3 Å². The number of hydrogen-bond donors (Lipinski definition) is 2. The third-order valence-corrected chi connectivity index (χ3v) is 6.83. The minimum absolute atomic E-state index is 0.0353. The third kappa shape index (κ3) is 4.68. The second kappa shape index (κ2) is 8.14. The van der Waals surface area contributed by atoms with Crippen molar-refractivity contribution in [1.29, 1.82) is 0 Å². The predicted molar refractivity (Wildman–Crippen MR) is 108 cm³/mol. The van der Waals surface area contributed by atoms with Crippen LogP contribution in [0.2, 0.25) is 0 Å². The van der Waals surface area contributed by atoms with Gasteiger partial charge in [-0.25, -0.2) is 0 Å². The number of amides is 2. The van der Waals surface area contributed by atoms with Gasteiger partial charge in [-0.15, -0.1) is 0 Å². The van der Waals surface area contributed by atoms with E-state index in [-0.39, 0.29) is 23.8 Å². The van der Waals surface area contributed by atoms with Crippen LogP contribution in [0.3, 0.4) is 0 Å². The molecule has 28 heavy (non-hydrogen) atoms. The molecule has 4 saturated carbocycles. The molecule has 1 aromatic rings. The van der Waals surface area contributed by atoms with Crippen molar-refractivity contribution in [3.63, 3.8) is 0 Å². The van der Waals surface area contributed by atoms with Crippen molar-refractivity contribution >= 4 is 11.8 Å². The molecule has 0 spiro atoms. The molecule has 0 aromatic heterocycles. The summed E-state index contributed by atoms with van der Waals surface area (Å²) in [5.74, 6) is 3.21. The number of rotatable bonds is 8. The summed E-state index contributed by atoms with van der Waals surface area (Å²) < 4.78 is 5.62. The first kappa shape index (κ1) is 19.3. The van der Waals surface area contributed by atoms with Crippen molar-refractivity contribution in [2.45, 2.75) is 51.9 Å². The maximum atomic E-state index is 12.5. The van der Waals surface area contributed by atoms with E-state index in [1.54, 1.807) is 0 Å². The Hall–Kier alpha value is -2.04. The molecular weight excluding hydrogens is 352 g/mol. The minimum Gasteiger partial charge on any atom is -0.492 e. The molecule has 0 saturated heterocycles. The summed E-state index contributed by atoms with van der Waals surface area (Å²) in [6.07, 6.45) is 8.40. The Labute approximate surface area is 167 Å². The van der Waals surface area contributed by atoms with Crippen LogP contribution in [0.1, 0.15) is 50.5 Å². The van der Waals surface area contributed by atoms with Gasteiger partial charge < -0.3 is 15.4 Å². The van der Waals surface area contributed by atoms with E-state index in [1.807, 2.05) is 31.2 Å². The highest BCUT2D eigenvalue weighted by molar-refractivity contribution is 5.84. The Morgan fingerprint density at radius 2 is 1.71 bits per heavy atom. The summed E-state index contributed by atoms with van der Waals surface area (Å²) in [6.45, 7) is 2.91. The van der Waals surface area contributed by atoms with Crippen molar-refractivity contribution < 1.29 is 14.3 Å². The number of benzene rings is 1. The lowest BCUT2D eigenvalue weighted by Crippen LogP contribution is -2.48. The number of aryl methyl sites for hydroxylation is 1. The van der Waals surface area contributed by atoms with Gasteiger partial charge in [0.25, 0.3) is 0 Å². The smallest absolute Gasteiger partial charge is 0.239 e. The van der Waals surface area contributed by atoms with Crippen LogP contribution in [0.5, 0.6) is 5.75 Å². The van der Waals surface area contributed by atoms with Crippen molar-refractivity contribution in [2.75, 3.05) is 19.7 Å². The Balaban J connectivity index is 1.14. The molecule has 5 nitrogen and oxygen atoms in total.